The van der Waals surface area contributed by atoms with E-state index in [0.717, 1.165) is 25.7 Å². The number of thioether (sulfide) groups is 1. The molecular weight excluding hydrogens is 282 g/mol. The van der Waals surface area contributed by atoms with Crippen LogP contribution in [0.25, 0.3) is 0 Å². The van der Waals surface area contributed by atoms with Crippen LogP contribution in [0.5, 0.6) is 0 Å². The maximum atomic E-state index is 11.1. The Bertz CT molecular complexity index is 395. The predicted octanol–water partition coefficient (Wildman–Crippen LogP) is 1.19. The molecule has 0 radical (unpaired) electrons. The number of sulfone groups is 1. The van der Waals surface area contributed by atoms with Crippen molar-refractivity contribution in [3.8, 4) is 0 Å². The average Bonchev–Trinajstić information content (AvgIpc) is 3.12. The highest BCUT2D eigenvalue weighted by Crippen LogP contribution is 2.37. The summed E-state index contributed by atoms with van der Waals surface area (Å²) in [4.78, 5) is 0. The van der Waals surface area contributed by atoms with E-state index in [2.05, 4.69) is 5.32 Å². The van der Waals surface area contributed by atoms with Crippen LogP contribution >= 0.6 is 11.8 Å². The fourth-order valence-electron chi connectivity index (χ4n) is 2.80. The Morgan fingerprint density at radius 1 is 1.37 bits per heavy atom. The van der Waals surface area contributed by atoms with Crippen LogP contribution in [0.3, 0.4) is 0 Å². The number of nitrogens with one attached hydrogen (secondary N) is 1. The molecule has 2 fully saturated rings. The first kappa shape index (κ1) is 15.6. The van der Waals surface area contributed by atoms with Crippen molar-refractivity contribution in [1.29, 1.82) is 0 Å². The lowest BCUT2D eigenvalue weighted by atomic mass is 9.82. The van der Waals surface area contributed by atoms with E-state index in [1.165, 1.54) is 19.1 Å². The van der Waals surface area contributed by atoms with Gasteiger partial charge in [0.25, 0.3) is 0 Å². The Morgan fingerprint density at radius 2 is 2.11 bits per heavy atom. The SMILES string of the molecule is CS(=O)(=O)CCSC1CCCC(CO)(NC2CC2)C1. The molecule has 4 nitrogen and oxygen atoms in total. The lowest BCUT2D eigenvalue weighted by Gasteiger charge is -2.40. The highest BCUT2D eigenvalue weighted by Gasteiger charge is 2.39. The summed E-state index contributed by atoms with van der Waals surface area (Å²) in [7, 11) is -2.85. The minimum atomic E-state index is -2.85. The molecule has 0 aromatic rings. The second kappa shape index (κ2) is 6.33. The highest BCUT2D eigenvalue weighted by molar-refractivity contribution is 8.01. The summed E-state index contributed by atoms with van der Waals surface area (Å²) in [5.41, 5.74) is -0.109. The molecule has 0 heterocycles. The molecule has 6 heteroatoms. The lowest BCUT2D eigenvalue weighted by molar-refractivity contribution is 0.122. The van der Waals surface area contributed by atoms with Crippen LogP contribution in [0.1, 0.15) is 38.5 Å². The van der Waals surface area contributed by atoms with E-state index in [-0.39, 0.29) is 17.9 Å². The maximum absolute atomic E-state index is 11.1. The Balaban J connectivity index is 1.81. The molecular formula is C13H25NO3S2. The van der Waals surface area contributed by atoms with Crippen LogP contribution in [-0.4, -0.2) is 54.7 Å². The van der Waals surface area contributed by atoms with E-state index in [4.69, 9.17) is 0 Å². The van der Waals surface area contributed by atoms with Gasteiger partial charge in [-0.15, -0.1) is 0 Å². The van der Waals surface area contributed by atoms with Crippen molar-refractivity contribution in [2.24, 2.45) is 0 Å². The van der Waals surface area contributed by atoms with Crippen LogP contribution < -0.4 is 5.32 Å². The maximum Gasteiger partial charge on any atom is 0.148 e. The van der Waals surface area contributed by atoms with Gasteiger partial charge >= 0.3 is 0 Å². The first-order valence-electron chi connectivity index (χ1n) is 7.10. The molecule has 19 heavy (non-hydrogen) atoms. The summed E-state index contributed by atoms with van der Waals surface area (Å²) in [6.07, 6.45) is 8.03. The van der Waals surface area contributed by atoms with Crippen molar-refractivity contribution in [2.75, 3.05) is 24.4 Å². The van der Waals surface area contributed by atoms with Crippen molar-refractivity contribution >= 4 is 21.6 Å². The summed E-state index contributed by atoms with van der Waals surface area (Å²) < 4.78 is 22.3. The molecule has 0 amide bonds. The third kappa shape index (κ3) is 5.25. The Morgan fingerprint density at radius 3 is 2.68 bits per heavy atom. The van der Waals surface area contributed by atoms with Crippen molar-refractivity contribution in [1.82, 2.24) is 5.32 Å². The molecule has 0 aromatic carbocycles. The Hall–Kier alpha value is 0.220. The minimum absolute atomic E-state index is 0.109. The molecule has 2 unspecified atom stereocenters. The Kier molecular flexibility index (Phi) is 5.20. The third-order valence-electron chi connectivity index (χ3n) is 4.00. The van der Waals surface area contributed by atoms with Crippen LogP contribution in [0.4, 0.5) is 0 Å². The smallest absolute Gasteiger partial charge is 0.148 e. The number of hydrogen-bond acceptors (Lipinski definition) is 5. The molecule has 0 aromatic heterocycles. The van der Waals surface area contributed by atoms with Gasteiger partial charge in [0.05, 0.1) is 12.4 Å². The fraction of sp³-hybridized carbons (Fsp3) is 1.00. The molecule has 2 saturated carbocycles. The van der Waals surface area contributed by atoms with E-state index in [1.54, 1.807) is 11.8 Å². The molecule has 112 valence electrons. The molecule has 2 N–H and O–H groups in total. The summed E-state index contributed by atoms with van der Waals surface area (Å²) in [6.45, 7) is 0.201. The average molecular weight is 307 g/mol. The van der Waals surface area contributed by atoms with Crippen LogP contribution in [0, 0.1) is 0 Å². The van der Waals surface area contributed by atoms with E-state index < -0.39 is 9.84 Å². The number of rotatable bonds is 7. The number of aliphatic hydroxyl groups excluding tert-OH is 1. The van der Waals surface area contributed by atoms with Gasteiger partial charge in [0, 0.05) is 28.8 Å². The highest BCUT2D eigenvalue weighted by atomic mass is 32.2. The topological polar surface area (TPSA) is 66.4 Å². The molecule has 0 bridgehead atoms. The van der Waals surface area contributed by atoms with E-state index >= 15 is 0 Å². The number of aliphatic hydroxyl groups is 1. The molecule has 0 spiro atoms. The van der Waals surface area contributed by atoms with E-state index in [1.807, 2.05) is 0 Å². The first-order chi connectivity index (χ1) is 8.92. The molecule has 2 aliphatic rings. The second-order valence-corrected chi connectivity index (χ2v) is 9.74. The van der Waals surface area contributed by atoms with E-state index in [0.29, 0.717) is 17.0 Å². The zero-order chi connectivity index (χ0) is 13.9. The molecule has 2 atom stereocenters. The number of hydrogen-bond donors (Lipinski definition) is 2. The molecule has 0 saturated heterocycles. The van der Waals surface area contributed by atoms with Gasteiger partial charge < -0.3 is 10.4 Å². The largest absolute Gasteiger partial charge is 0.394 e. The molecule has 0 aliphatic heterocycles. The molecule has 2 rings (SSSR count). The zero-order valence-corrected chi connectivity index (χ0v) is 13.2. The van der Waals surface area contributed by atoms with Crippen molar-refractivity contribution < 1.29 is 13.5 Å². The van der Waals surface area contributed by atoms with Gasteiger partial charge in [-0.2, -0.15) is 11.8 Å². The lowest BCUT2D eigenvalue weighted by Crippen LogP contribution is -2.53. The van der Waals surface area contributed by atoms with E-state index in [9.17, 15) is 13.5 Å². The Labute approximate surface area is 120 Å². The molecule has 2 aliphatic carbocycles. The minimum Gasteiger partial charge on any atom is -0.394 e. The summed E-state index contributed by atoms with van der Waals surface area (Å²) in [5, 5.41) is 13.8. The normalized spacial score (nSPS) is 32.4. The van der Waals surface area contributed by atoms with Crippen LogP contribution in [-0.2, 0) is 9.84 Å². The van der Waals surface area contributed by atoms with Gasteiger partial charge in [0.15, 0.2) is 0 Å². The van der Waals surface area contributed by atoms with Gasteiger partial charge in [0.1, 0.15) is 9.84 Å². The van der Waals surface area contributed by atoms with Crippen molar-refractivity contribution in [3.63, 3.8) is 0 Å². The van der Waals surface area contributed by atoms with Crippen LogP contribution in [0.2, 0.25) is 0 Å². The summed E-state index contributed by atoms with van der Waals surface area (Å²) in [5.74, 6) is 0.935. The summed E-state index contributed by atoms with van der Waals surface area (Å²) in [6, 6.07) is 0.604. The van der Waals surface area contributed by atoms with Crippen LogP contribution in [0.15, 0.2) is 0 Å². The third-order valence-corrected chi connectivity index (χ3v) is 6.52. The first-order valence-corrected chi connectivity index (χ1v) is 10.2. The van der Waals surface area contributed by atoms with Crippen molar-refractivity contribution in [3.05, 3.63) is 0 Å². The fourth-order valence-corrected chi connectivity index (χ4v) is 5.50. The van der Waals surface area contributed by atoms with Crippen molar-refractivity contribution in [2.45, 2.75) is 55.4 Å². The zero-order valence-electron chi connectivity index (χ0n) is 11.6. The quantitative estimate of drug-likeness (QED) is 0.739. The monoisotopic (exact) mass is 307 g/mol. The predicted molar refractivity (Wildman–Crippen MR) is 80.4 cm³/mol. The standard InChI is InChI=1S/C13H25NO3S2/c1-19(16,17)8-7-18-12-3-2-6-13(9-12,10-15)14-11-4-5-11/h11-12,14-15H,2-10H2,1H3. The van der Waals surface area contributed by atoms with Gasteiger partial charge in [-0.05, 0) is 32.1 Å². The van der Waals surface area contributed by atoms with Gasteiger partial charge in [0.2, 0.25) is 0 Å². The summed E-state index contributed by atoms with van der Waals surface area (Å²) >= 11 is 1.76. The van der Waals surface area contributed by atoms with Gasteiger partial charge in [-0.3, -0.25) is 0 Å². The van der Waals surface area contributed by atoms with Gasteiger partial charge in [-0.25, -0.2) is 8.42 Å². The second-order valence-electron chi connectivity index (χ2n) is 6.08. The van der Waals surface area contributed by atoms with Gasteiger partial charge in [-0.1, -0.05) is 6.42 Å².